The normalized spacial score (nSPS) is 12.2. The van der Waals surface area contributed by atoms with E-state index in [4.69, 9.17) is 0 Å². The lowest BCUT2D eigenvalue weighted by atomic mass is 9.97. The van der Waals surface area contributed by atoms with Crippen LogP contribution in [0.5, 0.6) is 0 Å². The van der Waals surface area contributed by atoms with Crippen LogP contribution in [0.1, 0.15) is 19.4 Å². The fourth-order valence-corrected chi connectivity index (χ4v) is 7.68. The van der Waals surface area contributed by atoms with Crippen LogP contribution in [0.25, 0.3) is 82.8 Å². The van der Waals surface area contributed by atoms with Gasteiger partial charge in [-0.1, -0.05) is 121 Å². The first-order valence-corrected chi connectivity index (χ1v) is 17.3. The van der Waals surface area contributed by atoms with E-state index in [9.17, 15) is 0 Å². The summed E-state index contributed by atoms with van der Waals surface area (Å²) in [5.74, 6) is 0. The first kappa shape index (κ1) is 29.7. The largest absolute Gasteiger partial charge is 0.309 e. The van der Waals surface area contributed by atoms with Crippen molar-refractivity contribution in [2.45, 2.75) is 13.8 Å². The number of benzene rings is 7. The lowest BCUT2D eigenvalue weighted by Crippen LogP contribution is -1.97. The van der Waals surface area contributed by atoms with Crippen molar-refractivity contribution in [2.24, 2.45) is 0 Å². The maximum Gasteiger partial charge on any atom is 0.0547 e. The molecule has 0 saturated carbocycles. The zero-order valence-electron chi connectivity index (χ0n) is 28.2. The van der Waals surface area contributed by atoms with E-state index in [1.54, 1.807) is 0 Å². The maximum absolute atomic E-state index is 2.43. The highest BCUT2D eigenvalue weighted by Gasteiger charge is 2.17. The topological polar surface area (TPSA) is 9.86 Å². The molecule has 0 aliphatic heterocycles. The highest BCUT2D eigenvalue weighted by atomic mass is 15.0. The van der Waals surface area contributed by atoms with Gasteiger partial charge in [0.2, 0.25) is 0 Å². The molecular formula is C48H36N2. The lowest BCUT2D eigenvalue weighted by Gasteiger charge is -2.14. The van der Waals surface area contributed by atoms with Crippen molar-refractivity contribution in [3.63, 3.8) is 0 Å². The van der Waals surface area contributed by atoms with E-state index in [2.05, 4.69) is 205 Å². The summed E-state index contributed by atoms with van der Waals surface area (Å²) in [7, 11) is 0. The Bertz CT molecular complexity index is 2760. The molecule has 2 heteroatoms. The van der Waals surface area contributed by atoms with Gasteiger partial charge in [0.05, 0.1) is 22.1 Å². The fourth-order valence-electron chi connectivity index (χ4n) is 7.68. The first-order valence-electron chi connectivity index (χ1n) is 17.3. The van der Waals surface area contributed by atoms with Crippen LogP contribution < -0.4 is 0 Å². The number of hydrogen-bond donors (Lipinski definition) is 0. The molecular weight excluding hydrogens is 605 g/mol. The van der Waals surface area contributed by atoms with E-state index in [0.717, 1.165) is 5.69 Å². The molecule has 7 aromatic carbocycles. The Hall–Kier alpha value is -6.38. The van der Waals surface area contributed by atoms with Gasteiger partial charge in [-0.15, -0.1) is 0 Å². The SMILES string of the molecule is C/C=C\C(=C/C)c1cc(-c2ccccc2)cc(-n2c3ccccc3c3cc(-c4ccc5c6ccccc6n(-c6ccccc6)c5c4)ccc32)c1. The fraction of sp³-hybridized carbons (Fsp3) is 0.0417. The van der Waals surface area contributed by atoms with Crippen LogP contribution >= 0.6 is 0 Å². The summed E-state index contributed by atoms with van der Waals surface area (Å²) in [4.78, 5) is 0. The molecule has 0 aliphatic carbocycles. The van der Waals surface area contributed by atoms with Crippen LogP contribution in [-0.4, -0.2) is 9.13 Å². The van der Waals surface area contributed by atoms with E-state index in [1.165, 1.54) is 82.7 Å². The molecule has 2 nitrogen and oxygen atoms in total. The molecule has 2 heterocycles. The van der Waals surface area contributed by atoms with Crippen LogP contribution in [0.15, 0.2) is 182 Å². The third kappa shape index (κ3) is 4.88. The number of fused-ring (bicyclic) bond motifs is 6. The Labute approximate surface area is 292 Å². The minimum absolute atomic E-state index is 1.15. The Morgan fingerprint density at radius 3 is 1.70 bits per heavy atom. The molecule has 50 heavy (non-hydrogen) atoms. The molecule has 0 aliphatic rings. The minimum Gasteiger partial charge on any atom is -0.309 e. The summed E-state index contributed by atoms with van der Waals surface area (Å²) < 4.78 is 4.83. The molecule has 2 aromatic heterocycles. The number of allylic oxidation sites excluding steroid dienone is 4. The first-order chi connectivity index (χ1) is 24.7. The number of rotatable bonds is 6. The van der Waals surface area contributed by atoms with Gasteiger partial charge in [0, 0.05) is 32.9 Å². The average Bonchev–Trinajstić information content (AvgIpc) is 3.69. The molecule has 0 spiro atoms. The van der Waals surface area contributed by atoms with Crippen molar-refractivity contribution in [1.29, 1.82) is 0 Å². The van der Waals surface area contributed by atoms with Crippen LogP contribution in [0.2, 0.25) is 0 Å². The van der Waals surface area contributed by atoms with Crippen molar-refractivity contribution >= 4 is 49.2 Å². The average molecular weight is 641 g/mol. The molecule has 9 aromatic rings. The van der Waals surface area contributed by atoms with Gasteiger partial charge in [-0.2, -0.15) is 0 Å². The zero-order chi connectivity index (χ0) is 33.6. The summed E-state index contributed by atoms with van der Waals surface area (Å²) in [5, 5.41) is 5.02. The van der Waals surface area contributed by atoms with E-state index >= 15 is 0 Å². The van der Waals surface area contributed by atoms with Crippen LogP contribution in [0.4, 0.5) is 0 Å². The minimum atomic E-state index is 1.15. The van der Waals surface area contributed by atoms with Gasteiger partial charge >= 0.3 is 0 Å². The van der Waals surface area contributed by atoms with Crippen molar-refractivity contribution in [3.05, 3.63) is 188 Å². The third-order valence-corrected chi connectivity index (χ3v) is 9.97. The number of hydrogen-bond acceptors (Lipinski definition) is 0. The molecule has 0 bridgehead atoms. The second kappa shape index (κ2) is 12.3. The second-order valence-electron chi connectivity index (χ2n) is 12.9. The Morgan fingerprint density at radius 1 is 0.400 bits per heavy atom. The summed E-state index contributed by atoms with van der Waals surface area (Å²) in [6.45, 7) is 4.19. The van der Waals surface area contributed by atoms with E-state index in [0.29, 0.717) is 0 Å². The summed E-state index contributed by atoms with van der Waals surface area (Å²) in [6.07, 6.45) is 6.50. The Balaban J connectivity index is 1.26. The summed E-state index contributed by atoms with van der Waals surface area (Å²) in [6, 6.07) is 59.8. The molecule has 0 fully saturated rings. The molecule has 9 rings (SSSR count). The Kier molecular flexibility index (Phi) is 7.29. The van der Waals surface area contributed by atoms with E-state index < -0.39 is 0 Å². The second-order valence-corrected chi connectivity index (χ2v) is 12.9. The van der Waals surface area contributed by atoms with Crippen LogP contribution in [0, 0.1) is 0 Å². The van der Waals surface area contributed by atoms with Crippen molar-refractivity contribution in [1.82, 2.24) is 9.13 Å². The summed E-state index contributed by atoms with van der Waals surface area (Å²) in [5.41, 5.74) is 14.4. The maximum atomic E-state index is 2.43. The van der Waals surface area contributed by atoms with Crippen molar-refractivity contribution in [3.8, 4) is 33.6 Å². The monoisotopic (exact) mass is 640 g/mol. The van der Waals surface area contributed by atoms with Crippen LogP contribution in [0.3, 0.4) is 0 Å². The molecule has 0 amide bonds. The van der Waals surface area contributed by atoms with Gasteiger partial charge in [-0.25, -0.2) is 0 Å². The number of aromatic nitrogens is 2. The molecule has 0 radical (unpaired) electrons. The predicted octanol–water partition coefficient (Wildman–Crippen LogP) is 13.2. The van der Waals surface area contributed by atoms with Gasteiger partial charge in [-0.3, -0.25) is 0 Å². The van der Waals surface area contributed by atoms with Crippen LogP contribution in [-0.2, 0) is 0 Å². The van der Waals surface area contributed by atoms with Gasteiger partial charge in [-0.05, 0) is 108 Å². The number of para-hydroxylation sites is 3. The standard InChI is InChI=1S/C48H36N2/c1-3-15-33(4-2)37-28-38(34-16-7-5-8-17-34)30-40(29-37)50-46-23-14-12-21-42(46)44-31-35(25-27-47(44)50)36-24-26-43-41-20-11-13-22-45(41)49(48(43)32-36)39-18-9-6-10-19-39/h3-32H,1-2H3/b15-3-,33-4+. The molecule has 0 N–H and O–H groups in total. The molecule has 0 saturated heterocycles. The summed E-state index contributed by atoms with van der Waals surface area (Å²) >= 11 is 0. The van der Waals surface area contributed by atoms with Crippen molar-refractivity contribution < 1.29 is 0 Å². The Morgan fingerprint density at radius 2 is 0.980 bits per heavy atom. The predicted molar refractivity (Wildman–Crippen MR) is 214 cm³/mol. The highest BCUT2D eigenvalue weighted by molar-refractivity contribution is 6.12. The van der Waals surface area contributed by atoms with Gasteiger partial charge in [0.15, 0.2) is 0 Å². The molecule has 0 atom stereocenters. The van der Waals surface area contributed by atoms with Gasteiger partial charge in [0.25, 0.3) is 0 Å². The molecule has 0 unspecified atom stereocenters. The lowest BCUT2D eigenvalue weighted by molar-refractivity contribution is 1.18. The van der Waals surface area contributed by atoms with E-state index in [1.807, 2.05) is 0 Å². The highest BCUT2D eigenvalue weighted by Crippen LogP contribution is 2.39. The van der Waals surface area contributed by atoms with Crippen molar-refractivity contribution in [2.75, 3.05) is 0 Å². The van der Waals surface area contributed by atoms with Gasteiger partial charge in [0.1, 0.15) is 0 Å². The smallest absolute Gasteiger partial charge is 0.0547 e. The zero-order valence-corrected chi connectivity index (χ0v) is 28.2. The number of nitrogens with zero attached hydrogens (tertiary/aromatic N) is 2. The van der Waals surface area contributed by atoms with Gasteiger partial charge < -0.3 is 9.13 Å². The molecule has 238 valence electrons. The van der Waals surface area contributed by atoms with E-state index in [-0.39, 0.29) is 0 Å². The quantitative estimate of drug-likeness (QED) is 0.160. The third-order valence-electron chi connectivity index (χ3n) is 9.97.